The molecule has 0 bridgehead atoms. The predicted octanol–water partition coefficient (Wildman–Crippen LogP) is 4.24. The van der Waals surface area contributed by atoms with Crippen LogP contribution in [0.3, 0.4) is 0 Å². The van der Waals surface area contributed by atoms with Crippen molar-refractivity contribution in [1.82, 2.24) is 15.6 Å². The van der Waals surface area contributed by atoms with Crippen molar-refractivity contribution in [2.75, 3.05) is 21.3 Å². The van der Waals surface area contributed by atoms with Gasteiger partial charge in [0.15, 0.2) is 17.5 Å². The summed E-state index contributed by atoms with van der Waals surface area (Å²) in [5.41, 5.74) is 0.951. The minimum Gasteiger partial charge on any atom is -0.493 e. The molecule has 0 atom stereocenters. The van der Waals surface area contributed by atoms with Crippen molar-refractivity contribution in [3.05, 3.63) is 40.0 Å². The van der Waals surface area contributed by atoms with Gasteiger partial charge < -0.3 is 24.5 Å². The first-order chi connectivity index (χ1) is 12.8. The van der Waals surface area contributed by atoms with E-state index in [9.17, 15) is 0 Å². The molecule has 28 heavy (non-hydrogen) atoms. The van der Waals surface area contributed by atoms with Gasteiger partial charge in [-0.3, -0.25) is 4.99 Å². The van der Waals surface area contributed by atoms with E-state index in [1.54, 1.807) is 27.5 Å². The Morgan fingerprint density at radius 1 is 1.14 bits per heavy atom. The average Bonchev–Trinajstić information content (AvgIpc) is 3.12. The van der Waals surface area contributed by atoms with Gasteiger partial charge in [0, 0.05) is 23.5 Å². The van der Waals surface area contributed by atoms with Crippen LogP contribution in [0.2, 0.25) is 0 Å². The highest BCUT2D eigenvalue weighted by Gasteiger charge is 2.19. The van der Waals surface area contributed by atoms with Crippen molar-refractivity contribution in [3.8, 4) is 11.5 Å². The van der Waals surface area contributed by atoms with E-state index in [-0.39, 0.29) is 29.4 Å². The van der Waals surface area contributed by atoms with Crippen LogP contribution in [-0.2, 0) is 18.5 Å². The van der Waals surface area contributed by atoms with Crippen LogP contribution < -0.4 is 20.1 Å². The Morgan fingerprint density at radius 2 is 1.75 bits per heavy atom. The molecule has 156 valence electrons. The van der Waals surface area contributed by atoms with Gasteiger partial charge in [0.25, 0.3) is 0 Å². The molecule has 0 amide bonds. The molecule has 1 aromatic heterocycles. The number of oxazole rings is 1. The molecule has 0 unspecified atom stereocenters. The lowest BCUT2D eigenvalue weighted by Gasteiger charge is -2.15. The van der Waals surface area contributed by atoms with Gasteiger partial charge >= 0.3 is 0 Å². The molecule has 1 aromatic carbocycles. The van der Waals surface area contributed by atoms with Gasteiger partial charge in [-0.25, -0.2) is 4.98 Å². The topological polar surface area (TPSA) is 80.9 Å². The molecule has 0 fully saturated rings. The summed E-state index contributed by atoms with van der Waals surface area (Å²) in [5, 5.41) is 6.47. The lowest BCUT2D eigenvalue weighted by molar-refractivity contribution is 0.354. The standard InChI is InChI=1S/C19H27BrN4O3.HI/c1-19(2,3)16-10-22-17(27-16)11-24-18(21-4)23-9-12-7-14(25-5)15(26-6)8-13(12)20;/h7-8,10H,9,11H2,1-6H3,(H2,21,23,24);1H. The number of hydrogen-bond acceptors (Lipinski definition) is 5. The number of methoxy groups -OCH3 is 2. The highest BCUT2D eigenvalue weighted by Crippen LogP contribution is 2.33. The summed E-state index contributed by atoms with van der Waals surface area (Å²) >= 11 is 3.56. The maximum atomic E-state index is 5.79. The zero-order valence-electron chi connectivity index (χ0n) is 17.1. The fourth-order valence-electron chi connectivity index (χ4n) is 2.33. The zero-order valence-corrected chi connectivity index (χ0v) is 21.0. The minimum absolute atomic E-state index is 0. The second kappa shape index (κ2) is 10.9. The lowest BCUT2D eigenvalue weighted by atomic mass is 9.94. The van der Waals surface area contributed by atoms with Gasteiger partial charge in [0.2, 0.25) is 5.89 Å². The SMILES string of the molecule is CN=C(NCc1ncc(C(C)(C)C)o1)NCc1cc(OC)c(OC)cc1Br.I. The van der Waals surface area contributed by atoms with Crippen LogP contribution in [-0.4, -0.2) is 32.2 Å². The van der Waals surface area contributed by atoms with Gasteiger partial charge in [-0.05, 0) is 17.7 Å². The smallest absolute Gasteiger partial charge is 0.213 e. The van der Waals surface area contributed by atoms with Crippen LogP contribution >= 0.6 is 39.9 Å². The van der Waals surface area contributed by atoms with E-state index < -0.39 is 0 Å². The van der Waals surface area contributed by atoms with Gasteiger partial charge in [-0.15, -0.1) is 24.0 Å². The largest absolute Gasteiger partial charge is 0.493 e. The summed E-state index contributed by atoms with van der Waals surface area (Å²) in [5.74, 6) is 3.47. The number of aromatic nitrogens is 1. The molecule has 0 saturated carbocycles. The van der Waals surface area contributed by atoms with E-state index in [2.05, 4.69) is 57.3 Å². The van der Waals surface area contributed by atoms with Crippen LogP contribution in [0.15, 0.2) is 32.2 Å². The highest BCUT2D eigenvalue weighted by atomic mass is 127. The van der Waals surface area contributed by atoms with Crippen LogP contribution in [0.5, 0.6) is 11.5 Å². The van der Waals surface area contributed by atoms with E-state index in [0.717, 1.165) is 15.8 Å². The Bertz CT molecular complexity index is 803. The van der Waals surface area contributed by atoms with Crippen molar-refractivity contribution in [2.45, 2.75) is 39.3 Å². The summed E-state index contributed by atoms with van der Waals surface area (Å²) < 4.78 is 17.4. The fraction of sp³-hybridized carbons (Fsp3) is 0.474. The second-order valence-corrected chi connectivity index (χ2v) is 7.80. The van der Waals surface area contributed by atoms with Gasteiger partial charge in [0.1, 0.15) is 5.76 Å². The van der Waals surface area contributed by atoms with Crippen molar-refractivity contribution in [1.29, 1.82) is 0 Å². The molecule has 0 saturated heterocycles. The van der Waals surface area contributed by atoms with Crippen LogP contribution in [0.4, 0.5) is 0 Å². The molecule has 9 heteroatoms. The van der Waals surface area contributed by atoms with Crippen LogP contribution in [0.25, 0.3) is 0 Å². The molecule has 0 aliphatic rings. The molecule has 2 aromatic rings. The van der Waals surface area contributed by atoms with Crippen LogP contribution in [0.1, 0.15) is 38.0 Å². The Balaban J connectivity index is 0.00000392. The highest BCUT2D eigenvalue weighted by molar-refractivity contribution is 14.0. The summed E-state index contributed by atoms with van der Waals surface area (Å²) in [7, 11) is 4.95. The third kappa shape index (κ3) is 6.54. The van der Waals surface area contributed by atoms with Crippen molar-refractivity contribution >= 4 is 45.9 Å². The number of hydrogen-bond donors (Lipinski definition) is 2. The molecule has 0 aliphatic heterocycles. The minimum atomic E-state index is -0.0646. The lowest BCUT2D eigenvalue weighted by Crippen LogP contribution is -2.36. The number of ether oxygens (including phenoxy) is 2. The molecule has 0 radical (unpaired) electrons. The van der Waals surface area contributed by atoms with E-state index in [1.807, 2.05) is 12.1 Å². The summed E-state index contributed by atoms with van der Waals surface area (Å²) in [4.78, 5) is 8.55. The third-order valence-electron chi connectivity index (χ3n) is 3.92. The first-order valence-electron chi connectivity index (χ1n) is 8.58. The Morgan fingerprint density at radius 3 is 2.29 bits per heavy atom. The van der Waals surface area contributed by atoms with Crippen molar-refractivity contribution in [2.24, 2.45) is 4.99 Å². The summed E-state index contributed by atoms with van der Waals surface area (Å²) in [6.07, 6.45) is 1.77. The summed E-state index contributed by atoms with van der Waals surface area (Å²) in [6, 6.07) is 3.81. The monoisotopic (exact) mass is 566 g/mol. The third-order valence-corrected chi connectivity index (χ3v) is 4.66. The molecular formula is C19H28BrIN4O3. The molecule has 7 nitrogen and oxygen atoms in total. The second-order valence-electron chi connectivity index (χ2n) is 6.95. The average molecular weight is 567 g/mol. The number of aliphatic imine (C=N–C) groups is 1. The molecule has 1 heterocycles. The molecule has 0 spiro atoms. The Labute approximate surface area is 191 Å². The number of nitrogens with zero attached hydrogens (tertiary/aromatic N) is 2. The van der Waals surface area contributed by atoms with Gasteiger partial charge in [0.05, 0.1) is 27.0 Å². The normalized spacial score (nSPS) is 11.6. The number of halogens is 2. The Hall–Kier alpha value is -1.49. The first-order valence-corrected chi connectivity index (χ1v) is 9.38. The van der Waals surface area contributed by atoms with Crippen LogP contribution in [0, 0.1) is 0 Å². The molecule has 2 N–H and O–H groups in total. The molecular weight excluding hydrogens is 539 g/mol. The quantitative estimate of drug-likeness (QED) is 0.309. The van der Waals surface area contributed by atoms with E-state index in [0.29, 0.717) is 36.4 Å². The number of nitrogens with one attached hydrogen (secondary N) is 2. The van der Waals surface area contributed by atoms with Crippen molar-refractivity contribution < 1.29 is 13.9 Å². The fourth-order valence-corrected chi connectivity index (χ4v) is 2.79. The molecule has 2 rings (SSSR count). The van der Waals surface area contributed by atoms with E-state index >= 15 is 0 Å². The summed E-state index contributed by atoms with van der Waals surface area (Å²) in [6.45, 7) is 7.27. The number of guanidine groups is 1. The maximum Gasteiger partial charge on any atom is 0.213 e. The molecule has 0 aliphatic carbocycles. The first kappa shape index (κ1) is 24.5. The predicted molar refractivity (Wildman–Crippen MR) is 125 cm³/mol. The van der Waals surface area contributed by atoms with Gasteiger partial charge in [-0.1, -0.05) is 36.7 Å². The van der Waals surface area contributed by atoms with Gasteiger partial charge in [-0.2, -0.15) is 0 Å². The zero-order chi connectivity index (χ0) is 20.0. The van der Waals surface area contributed by atoms with Crippen molar-refractivity contribution in [3.63, 3.8) is 0 Å². The maximum absolute atomic E-state index is 5.79. The number of rotatable bonds is 6. The van der Waals surface area contributed by atoms with E-state index in [4.69, 9.17) is 13.9 Å². The van der Waals surface area contributed by atoms with E-state index in [1.165, 1.54) is 0 Å². The Kier molecular flexibility index (Phi) is 9.55. The number of benzene rings is 1.